The van der Waals surface area contributed by atoms with Crippen molar-refractivity contribution in [3.05, 3.63) is 41.2 Å². The molecule has 0 saturated carbocycles. The molecule has 2 amide bonds. The van der Waals surface area contributed by atoms with Gasteiger partial charge in [-0.1, -0.05) is 6.07 Å². The van der Waals surface area contributed by atoms with Gasteiger partial charge in [0.15, 0.2) is 11.5 Å². The fourth-order valence-corrected chi connectivity index (χ4v) is 3.67. The SMILES string of the molecule is CC(NC(=O)NC1CCCc2c1cnn2C)c1ccc2c(c1)OCCO2. The van der Waals surface area contributed by atoms with Gasteiger partial charge in [0.25, 0.3) is 0 Å². The Morgan fingerprint density at radius 2 is 2.12 bits per heavy atom. The van der Waals surface area contributed by atoms with Gasteiger partial charge in [-0.15, -0.1) is 0 Å². The maximum Gasteiger partial charge on any atom is 0.315 e. The number of fused-ring (bicyclic) bond motifs is 2. The fraction of sp³-hybridized carbons (Fsp3) is 0.474. The van der Waals surface area contributed by atoms with Crippen molar-refractivity contribution in [1.29, 1.82) is 0 Å². The lowest BCUT2D eigenvalue weighted by Gasteiger charge is -2.25. The Morgan fingerprint density at radius 1 is 1.31 bits per heavy atom. The highest BCUT2D eigenvalue weighted by molar-refractivity contribution is 5.75. The van der Waals surface area contributed by atoms with Crippen molar-refractivity contribution >= 4 is 6.03 Å². The van der Waals surface area contributed by atoms with Crippen molar-refractivity contribution in [2.45, 2.75) is 38.3 Å². The smallest absolute Gasteiger partial charge is 0.315 e. The van der Waals surface area contributed by atoms with Gasteiger partial charge < -0.3 is 20.1 Å². The van der Waals surface area contributed by atoms with Gasteiger partial charge in [0, 0.05) is 18.3 Å². The molecular weight excluding hydrogens is 332 g/mol. The predicted molar refractivity (Wildman–Crippen MR) is 96.4 cm³/mol. The summed E-state index contributed by atoms with van der Waals surface area (Å²) in [5, 5.41) is 10.4. The number of aryl methyl sites for hydroxylation is 1. The van der Waals surface area contributed by atoms with Crippen LogP contribution >= 0.6 is 0 Å². The maximum absolute atomic E-state index is 12.5. The minimum Gasteiger partial charge on any atom is -0.486 e. The number of ether oxygens (including phenoxy) is 2. The van der Waals surface area contributed by atoms with Crippen LogP contribution in [-0.2, 0) is 13.5 Å². The number of aromatic nitrogens is 2. The average Bonchev–Trinajstić information content (AvgIpc) is 3.03. The zero-order valence-corrected chi connectivity index (χ0v) is 15.1. The van der Waals surface area contributed by atoms with Crippen LogP contribution in [0.3, 0.4) is 0 Å². The minimum atomic E-state index is -0.172. The lowest BCUT2D eigenvalue weighted by atomic mass is 9.93. The first-order chi connectivity index (χ1) is 12.6. The van der Waals surface area contributed by atoms with Crippen molar-refractivity contribution < 1.29 is 14.3 Å². The molecule has 2 aliphatic rings. The van der Waals surface area contributed by atoms with E-state index in [-0.39, 0.29) is 18.1 Å². The molecule has 0 bridgehead atoms. The summed E-state index contributed by atoms with van der Waals surface area (Å²) in [6.07, 6.45) is 4.86. The van der Waals surface area contributed by atoms with Crippen molar-refractivity contribution in [2.24, 2.45) is 7.05 Å². The first kappa shape index (κ1) is 16.8. The predicted octanol–water partition coefficient (Wildman–Crippen LogP) is 2.63. The highest BCUT2D eigenvalue weighted by Gasteiger charge is 2.25. The van der Waals surface area contributed by atoms with Gasteiger partial charge in [-0.3, -0.25) is 4.68 Å². The molecule has 26 heavy (non-hydrogen) atoms. The summed E-state index contributed by atoms with van der Waals surface area (Å²) >= 11 is 0. The minimum absolute atomic E-state index is 0.0138. The van der Waals surface area contributed by atoms with Gasteiger partial charge in [-0.2, -0.15) is 5.10 Å². The molecule has 2 atom stereocenters. The van der Waals surface area contributed by atoms with Crippen LogP contribution in [0.4, 0.5) is 4.79 Å². The normalized spacial score (nSPS) is 19.4. The summed E-state index contributed by atoms with van der Waals surface area (Å²) < 4.78 is 13.1. The number of nitrogens with one attached hydrogen (secondary N) is 2. The summed E-state index contributed by atoms with van der Waals surface area (Å²) in [5.41, 5.74) is 3.32. The van der Waals surface area contributed by atoms with E-state index >= 15 is 0 Å². The van der Waals surface area contributed by atoms with E-state index in [1.54, 1.807) is 0 Å². The molecule has 7 heteroatoms. The number of carbonyl (C=O) groups excluding carboxylic acids is 1. The van der Waals surface area contributed by atoms with Gasteiger partial charge in [-0.25, -0.2) is 4.79 Å². The summed E-state index contributed by atoms with van der Waals surface area (Å²) in [5.74, 6) is 1.48. The van der Waals surface area contributed by atoms with E-state index in [0.29, 0.717) is 13.2 Å². The first-order valence-electron chi connectivity index (χ1n) is 9.09. The number of hydrogen-bond donors (Lipinski definition) is 2. The van der Waals surface area contributed by atoms with Crippen LogP contribution in [0, 0.1) is 0 Å². The second-order valence-corrected chi connectivity index (χ2v) is 6.86. The van der Waals surface area contributed by atoms with Crippen molar-refractivity contribution in [2.75, 3.05) is 13.2 Å². The standard InChI is InChI=1S/C19H24N4O3/c1-12(13-6-7-17-18(10-13)26-9-8-25-17)21-19(24)22-15-4-3-5-16-14(15)11-20-23(16)2/h6-7,10-12,15H,3-5,8-9H2,1-2H3,(H2,21,22,24). The zero-order chi connectivity index (χ0) is 18.1. The molecule has 1 aliphatic carbocycles. The molecule has 138 valence electrons. The Labute approximate surface area is 152 Å². The summed E-state index contributed by atoms with van der Waals surface area (Å²) in [6.45, 7) is 3.08. The number of amides is 2. The number of carbonyl (C=O) groups is 1. The third-order valence-corrected chi connectivity index (χ3v) is 5.09. The van der Waals surface area contributed by atoms with Gasteiger partial charge in [-0.05, 0) is 43.9 Å². The van der Waals surface area contributed by atoms with Gasteiger partial charge in [0.1, 0.15) is 13.2 Å². The number of rotatable bonds is 3. The van der Waals surface area contributed by atoms with Gasteiger partial charge in [0.2, 0.25) is 0 Å². The average molecular weight is 356 g/mol. The molecule has 0 spiro atoms. The van der Waals surface area contributed by atoms with Crippen LogP contribution in [0.2, 0.25) is 0 Å². The molecule has 0 radical (unpaired) electrons. The van der Waals surface area contributed by atoms with E-state index in [1.807, 2.05) is 43.0 Å². The molecule has 1 aromatic heterocycles. The van der Waals surface area contributed by atoms with E-state index in [1.165, 1.54) is 5.69 Å². The number of nitrogens with zero attached hydrogens (tertiary/aromatic N) is 2. The lowest BCUT2D eigenvalue weighted by molar-refractivity contribution is 0.171. The lowest BCUT2D eigenvalue weighted by Crippen LogP contribution is -2.40. The van der Waals surface area contributed by atoms with Crippen LogP contribution in [-0.4, -0.2) is 29.0 Å². The highest BCUT2D eigenvalue weighted by atomic mass is 16.6. The Balaban J connectivity index is 1.41. The Morgan fingerprint density at radius 3 is 2.96 bits per heavy atom. The highest BCUT2D eigenvalue weighted by Crippen LogP contribution is 2.33. The second kappa shape index (κ2) is 6.90. The quantitative estimate of drug-likeness (QED) is 0.886. The van der Waals surface area contributed by atoms with Gasteiger partial charge in [0.05, 0.1) is 18.3 Å². The summed E-state index contributed by atoms with van der Waals surface area (Å²) in [6, 6.07) is 5.48. The number of urea groups is 1. The van der Waals surface area contributed by atoms with Crippen LogP contribution in [0.15, 0.2) is 24.4 Å². The molecule has 0 saturated heterocycles. The van der Waals surface area contributed by atoms with Crippen molar-refractivity contribution in [1.82, 2.24) is 20.4 Å². The van der Waals surface area contributed by atoms with E-state index in [2.05, 4.69) is 15.7 Å². The fourth-order valence-electron chi connectivity index (χ4n) is 3.67. The monoisotopic (exact) mass is 356 g/mol. The van der Waals surface area contributed by atoms with E-state index < -0.39 is 0 Å². The van der Waals surface area contributed by atoms with Crippen molar-refractivity contribution in [3.8, 4) is 11.5 Å². The topological polar surface area (TPSA) is 77.4 Å². The van der Waals surface area contributed by atoms with Crippen molar-refractivity contribution in [3.63, 3.8) is 0 Å². The zero-order valence-electron chi connectivity index (χ0n) is 15.1. The van der Waals surface area contributed by atoms with Crippen LogP contribution < -0.4 is 20.1 Å². The third-order valence-electron chi connectivity index (χ3n) is 5.09. The Hall–Kier alpha value is -2.70. The molecule has 2 heterocycles. The van der Waals surface area contributed by atoms with E-state index in [4.69, 9.17) is 9.47 Å². The van der Waals surface area contributed by atoms with E-state index in [0.717, 1.165) is 41.9 Å². The largest absolute Gasteiger partial charge is 0.486 e. The summed E-state index contributed by atoms with van der Waals surface area (Å²) in [7, 11) is 1.95. The Kier molecular flexibility index (Phi) is 4.44. The van der Waals surface area contributed by atoms with Gasteiger partial charge >= 0.3 is 6.03 Å². The molecule has 2 aromatic rings. The molecule has 1 aromatic carbocycles. The van der Waals surface area contributed by atoms with Crippen LogP contribution in [0.1, 0.15) is 48.7 Å². The van der Waals surface area contributed by atoms with Crippen LogP contribution in [0.25, 0.3) is 0 Å². The van der Waals surface area contributed by atoms with E-state index in [9.17, 15) is 4.79 Å². The second-order valence-electron chi connectivity index (χ2n) is 6.86. The number of benzene rings is 1. The molecule has 2 N–H and O–H groups in total. The molecule has 4 rings (SSSR count). The first-order valence-corrected chi connectivity index (χ1v) is 9.09. The molecular formula is C19H24N4O3. The number of hydrogen-bond acceptors (Lipinski definition) is 4. The Bertz CT molecular complexity index is 817. The third kappa shape index (κ3) is 3.21. The maximum atomic E-state index is 12.5. The molecule has 1 aliphatic heterocycles. The molecule has 2 unspecified atom stereocenters. The molecule has 7 nitrogen and oxygen atoms in total. The molecule has 0 fully saturated rings. The van der Waals surface area contributed by atoms with Crippen LogP contribution in [0.5, 0.6) is 11.5 Å². The summed E-state index contributed by atoms with van der Waals surface area (Å²) in [4.78, 5) is 12.5.